The molecule has 0 fully saturated rings. The molecule has 122 valence electrons. The molecule has 0 saturated carbocycles. The number of amides is 1. The summed E-state index contributed by atoms with van der Waals surface area (Å²) in [5.74, 6) is 0.496. The molecule has 0 unspecified atom stereocenters. The standard InChI is InChI=1S/C18H19BrClNO2/c1-18(2,3)13-6-4-5-7-16(13)23-11-17(22)21-12-8-9-14(19)15(20)10-12/h4-10H,11H2,1-3H3,(H,21,22). The lowest BCUT2D eigenvalue weighted by molar-refractivity contribution is -0.118. The molecule has 0 saturated heterocycles. The van der Waals surface area contributed by atoms with Crippen LogP contribution in [0.3, 0.4) is 0 Å². The monoisotopic (exact) mass is 395 g/mol. The number of anilines is 1. The first-order valence-electron chi connectivity index (χ1n) is 7.24. The minimum atomic E-state index is -0.230. The molecule has 23 heavy (non-hydrogen) atoms. The van der Waals surface area contributed by atoms with Crippen LogP contribution in [-0.2, 0) is 10.2 Å². The van der Waals surface area contributed by atoms with Crippen molar-refractivity contribution in [2.24, 2.45) is 0 Å². The van der Waals surface area contributed by atoms with Gasteiger partial charge >= 0.3 is 0 Å². The third-order valence-corrected chi connectivity index (χ3v) is 4.49. The maximum absolute atomic E-state index is 12.1. The van der Waals surface area contributed by atoms with Crippen LogP contribution in [0.25, 0.3) is 0 Å². The highest BCUT2D eigenvalue weighted by Gasteiger charge is 2.18. The molecular formula is C18H19BrClNO2. The van der Waals surface area contributed by atoms with Crippen LogP contribution < -0.4 is 10.1 Å². The van der Waals surface area contributed by atoms with E-state index in [0.29, 0.717) is 10.7 Å². The van der Waals surface area contributed by atoms with Crippen molar-refractivity contribution < 1.29 is 9.53 Å². The first kappa shape index (κ1) is 17.8. The molecule has 5 heteroatoms. The van der Waals surface area contributed by atoms with Crippen molar-refractivity contribution in [3.05, 3.63) is 57.5 Å². The van der Waals surface area contributed by atoms with Crippen LogP contribution in [0.5, 0.6) is 5.75 Å². The Morgan fingerprint density at radius 1 is 1.22 bits per heavy atom. The molecule has 0 aliphatic rings. The van der Waals surface area contributed by atoms with Gasteiger partial charge in [-0.05, 0) is 51.2 Å². The Balaban J connectivity index is 2.01. The number of ether oxygens (including phenoxy) is 1. The molecule has 0 aromatic heterocycles. The SMILES string of the molecule is CC(C)(C)c1ccccc1OCC(=O)Nc1ccc(Br)c(Cl)c1. The van der Waals surface area contributed by atoms with Crippen molar-refractivity contribution in [1.82, 2.24) is 0 Å². The lowest BCUT2D eigenvalue weighted by Crippen LogP contribution is -2.21. The molecule has 0 atom stereocenters. The smallest absolute Gasteiger partial charge is 0.262 e. The van der Waals surface area contributed by atoms with Gasteiger partial charge in [0, 0.05) is 10.2 Å². The molecule has 2 aromatic rings. The molecule has 0 spiro atoms. The molecular weight excluding hydrogens is 378 g/mol. The van der Waals surface area contributed by atoms with Crippen molar-refractivity contribution >= 4 is 39.1 Å². The number of carbonyl (C=O) groups is 1. The van der Waals surface area contributed by atoms with Crippen molar-refractivity contribution in [3.63, 3.8) is 0 Å². The van der Waals surface area contributed by atoms with E-state index in [2.05, 4.69) is 42.0 Å². The van der Waals surface area contributed by atoms with E-state index in [1.54, 1.807) is 18.2 Å². The number of hydrogen-bond acceptors (Lipinski definition) is 2. The molecule has 2 rings (SSSR count). The lowest BCUT2D eigenvalue weighted by atomic mass is 9.86. The van der Waals surface area contributed by atoms with Gasteiger partial charge in [0.1, 0.15) is 5.75 Å². The fraction of sp³-hybridized carbons (Fsp3) is 0.278. The Morgan fingerprint density at radius 3 is 2.57 bits per heavy atom. The van der Waals surface area contributed by atoms with Crippen LogP contribution in [0.1, 0.15) is 26.3 Å². The summed E-state index contributed by atoms with van der Waals surface area (Å²) in [6.07, 6.45) is 0. The second-order valence-corrected chi connectivity index (χ2v) is 7.47. The van der Waals surface area contributed by atoms with Crippen LogP contribution in [0.15, 0.2) is 46.9 Å². The number of hydrogen-bond donors (Lipinski definition) is 1. The first-order valence-corrected chi connectivity index (χ1v) is 8.41. The van der Waals surface area contributed by atoms with Gasteiger partial charge < -0.3 is 10.1 Å². The van der Waals surface area contributed by atoms with Crippen LogP contribution in [0, 0.1) is 0 Å². The molecule has 1 N–H and O–H groups in total. The average molecular weight is 397 g/mol. The predicted molar refractivity (Wildman–Crippen MR) is 98.4 cm³/mol. The zero-order valence-electron chi connectivity index (χ0n) is 13.3. The molecule has 1 amide bonds. The van der Waals surface area contributed by atoms with Gasteiger partial charge in [-0.2, -0.15) is 0 Å². The van der Waals surface area contributed by atoms with Crippen LogP contribution in [0.2, 0.25) is 5.02 Å². The normalized spacial score (nSPS) is 11.2. The number of halogens is 2. The van der Waals surface area contributed by atoms with Gasteiger partial charge in [-0.3, -0.25) is 4.79 Å². The van der Waals surface area contributed by atoms with E-state index in [0.717, 1.165) is 15.8 Å². The Hall–Kier alpha value is -1.52. The van der Waals surface area contributed by atoms with Gasteiger partial charge in [0.25, 0.3) is 5.91 Å². The minimum absolute atomic E-state index is 0.0493. The van der Waals surface area contributed by atoms with Gasteiger partial charge in [-0.1, -0.05) is 50.6 Å². The first-order chi connectivity index (χ1) is 10.8. The predicted octanol–water partition coefficient (Wildman–Crippen LogP) is 5.42. The molecule has 0 bridgehead atoms. The van der Waals surface area contributed by atoms with Gasteiger partial charge in [-0.25, -0.2) is 0 Å². The summed E-state index contributed by atoms with van der Waals surface area (Å²) in [5, 5.41) is 3.31. The number of carbonyl (C=O) groups excluding carboxylic acids is 1. The molecule has 0 aliphatic carbocycles. The van der Waals surface area contributed by atoms with E-state index in [1.165, 1.54) is 0 Å². The van der Waals surface area contributed by atoms with Crippen LogP contribution in [0.4, 0.5) is 5.69 Å². The van der Waals surface area contributed by atoms with Gasteiger partial charge in [0.2, 0.25) is 0 Å². The average Bonchev–Trinajstić information content (AvgIpc) is 2.48. The Bertz CT molecular complexity index is 710. The maximum Gasteiger partial charge on any atom is 0.262 e. The summed E-state index contributed by atoms with van der Waals surface area (Å²) < 4.78 is 6.48. The van der Waals surface area contributed by atoms with Crippen molar-refractivity contribution in [2.75, 3.05) is 11.9 Å². The molecule has 0 heterocycles. The van der Waals surface area contributed by atoms with Crippen LogP contribution in [-0.4, -0.2) is 12.5 Å². The topological polar surface area (TPSA) is 38.3 Å². The summed E-state index contributed by atoms with van der Waals surface area (Å²) in [7, 11) is 0. The molecule has 0 aliphatic heterocycles. The Labute approximate surface area is 150 Å². The van der Waals surface area contributed by atoms with Gasteiger partial charge in [0.15, 0.2) is 6.61 Å². The number of para-hydroxylation sites is 1. The van der Waals surface area contributed by atoms with Gasteiger partial charge in [-0.15, -0.1) is 0 Å². The number of rotatable bonds is 4. The third kappa shape index (κ3) is 4.98. The van der Waals surface area contributed by atoms with E-state index in [4.69, 9.17) is 16.3 Å². The summed E-state index contributed by atoms with van der Waals surface area (Å²) in [4.78, 5) is 12.1. The summed E-state index contributed by atoms with van der Waals surface area (Å²) in [6, 6.07) is 13.0. The molecule has 3 nitrogen and oxygen atoms in total. The van der Waals surface area contributed by atoms with E-state index in [-0.39, 0.29) is 17.9 Å². The zero-order chi connectivity index (χ0) is 17.0. The van der Waals surface area contributed by atoms with Crippen molar-refractivity contribution in [2.45, 2.75) is 26.2 Å². The van der Waals surface area contributed by atoms with E-state index >= 15 is 0 Å². The second-order valence-electron chi connectivity index (χ2n) is 6.21. The quantitative estimate of drug-likeness (QED) is 0.749. The van der Waals surface area contributed by atoms with Crippen LogP contribution >= 0.6 is 27.5 Å². The van der Waals surface area contributed by atoms with E-state index in [9.17, 15) is 4.79 Å². The van der Waals surface area contributed by atoms with Gasteiger partial charge in [0.05, 0.1) is 5.02 Å². The number of nitrogens with one attached hydrogen (secondary N) is 1. The second kappa shape index (κ2) is 7.37. The lowest BCUT2D eigenvalue weighted by Gasteiger charge is -2.22. The minimum Gasteiger partial charge on any atom is -0.483 e. The number of benzene rings is 2. The Kier molecular flexibility index (Phi) is 5.71. The maximum atomic E-state index is 12.1. The molecule has 2 aromatic carbocycles. The molecule has 0 radical (unpaired) electrons. The zero-order valence-corrected chi connectivity index (χ0v) is 15.7. The highest BCUT2D eigenvalue weighted by atomic mass is 79.9. The fourth-order valence-corrected chi connectivity index (χ4v) is 2.55. The van der Waals surface area contributed by atoms with E-state index < -0.39 is 0 Å². The summed E-state index contributed by atoms with van der Waals surface area (Å²) in [5.41, 5.74) is 1.65. The summed E-state index contributed by atoms with van der Waals surface area (Å²) in [6.45, 7) is 6.28. The third-order valence-electron chi connectivity index (χ3n) is 3.26. The van der Waals surface area contributed by atoms with Crippen molar-refractivity contribution in [3.8, 4) is 5.75 Å². The highest BCUT2D eigenvalue weighted by molar-refractivity contribution is 9.10. The largest absolute Gasteiger partial charge is 0.483 e. The van der Waals surface area contributed by atoms with Crippen molar-refractivity contribution in [1.29, 1.82) is 0 Å². The highest BCUT2D eigenvalue weighted by Crippen LogP contribution is 2.31. The summed E-state index contributed by atoms with van der Waals surface area (Å²) >= 11 is 9.33. The fourth-order valence-electron chi connectivity index (χ4n) is 2.13. The van der Waals surface area contributed by atoms with E-state index in [1.807, 2.05) is 24.3 Å². The Morgan fingerprint density at radius 2 is 1.91 bits per heavy atom.